The van der Waals surface area contributed by atoms with E-state index in [0.717, 1.165) is 86.9 Å². The van der Waals surface area contributed by atoms with Gasteiger partial charge in [0.1, 0.15) is 5.60 Å². The number of aliphatic hydroxyl groups excluding tert-OH is 6. The number of esters is 3. The molecule has 28 aliphatic carbocycles. The zero-order valence-corrected chi connectivity index (χ0v) is 87.9. The first-order valence-corrected chi connectivity index (χ1v) is 59.2. The van der Waals surface area contributed by atoms with Gasteiger partial charge in [-0.2, -0.15) is 0 Å². The zero-order chi connectivity index (χ0) is 98.4. The highest BCUT2D eigenvalue weighted by atomic mass is 16.8. The van der Waals surface area contributed by atoms with E-state index in [2.05, 4.69) is 62.3 Å². The van der Waals surface area contributed by atoms with Crippen molar-refractivity contribution in [3.63, 3.8) is 0 Å². The van der Waals surface area contributed by atoms with E-state index in [1.54, 1.807) is 0 Å². The molecule has 24 nitrogen and oxygen atoms in total. The highest BCUT2D eigenvalue weighted by Crippen LogP contribution is 2.75. The lowest BCUT2D eigenvalue weighted by Gasteiger charge is -2.65. The molecule has 9 N–H and O–H groups in total. The summed E-state index contributed by atoms with van der Waals surface area (Å²) in [7, 11) is 0. The zero-order valence-electron chi connectivity index (χ0n) is 87.9. The number of carbonyl (C=O) groups excluding carboxylic acids is 3. The van der Waals surface area contributed by atoms with Crippen molar-refractivity contribution in [1.29, 1.82) is 0 Å². The first-order chi connectivity index (χ1) is 67.8. The second kappa shape index (κ2) is 37.8. The Bertz CT molecular complexity index is 4450. The Morgan fingerprint density at radius 1 is 0.303 bits per heavy atom. The van der Waals surface area contributed by atoms with Crippen LogP contribution < -0.4 is 0 Å². The molecular formula is C118H184O24. The third kappa shape index (κ3) is 17.3. The van der Waals surface area contributed by atoms with Crippen LogP contribution in [0.4, 0.5) is 0 Å². The van der Waals surface area contributed by atoms with Crippen LogP contribution in [-0.2, 0) is 71.2 Å². The number of fused-ring (bicyclic) bond motifs is 15. The Morgan fingerprint density at radius 2 is 0.613 bits per heavy atom. The van der Waals surface area contributed by atoms with Crippen molar-refractivity contribution in [2.75, 3.05) is 40.8 Å². The van der Waals surface area contributed by atoms with E-state index in [0.29, 0.717) is 190 Å². The molecule has 24 heteroatoms. The summed E-state index contributed by atoms with van der Waals surface area (Å²) >= 11 is 0. The van der Waals surface area contributed by atoms with E-state index < -0.39 is 87.5 Å². The summed E-state index contributed by atoms with van der Waals surface area (Å²) < 4.78 is 78.6. The number of aliphatic hydroxyl groups is 9. The van der Waals surface area contributed by atoms with Gasteiger partial charge in [-0.05, 0) is 459 Å². The maximum atomic E-state index is 13.4. The largest absolute Gasteiger partial charge is 0.438 e. The molecule has 14 unspecified atom stereocenters. The standard InChI is InChI=1S/C118H184O24/c1-63(10-19-98(125)131-57-134-104-73-31-66-28-67(33-73)34-74(104)32-66)83-13-16-86-101-89(47-95(122)111(83,86)7)108(4)22-25-116(128,53-80(108)44-92(101)119)140-60-137-107-79-43-72-50-114(52-79,138-61-141-117(129)26-23-109(5)81(54-117)45-93(120)102-87-17-14-84(112(87,8)96(123)48-90(102)109)64(2)11-20-99(126)132-58-135-105-75-35-68-29-69(37-75)38-76(105)36-68)56-115(107,51-72)139-62-142-118(130)27-24-110(6)82(55-118)46-94(121)103-88-18-15-85(113(88,9)97(124)49-91(103)110)65(3)12-21-100(127)133-59-136-106-77-39-70-30-71(41-77)42-78(106)40-70/h63-97,101-107,119-124,128-130H,10-62H2,1-9H3/t63-,64-,65-,66?,67?,68?,69?,70?,71?,72?,73?,74?,75?,76?,77?,78?,79?,80-,81-,82-,83-,84-,85-,86?,87?,88?,89?,90?,91?,92-,93-,94-,95+,96+,97+,101?,102?,103?,104?,105?,106?,107?,108+,109+,110+,111-,112-,113-,114?,115?,116-,117-,118-/m1/s1. The van der Waals surface area contributed by atoms with Gasteiger partial charge >= 0.3 is 17.9 Å². The molecular weight excluding hydrogens is 1800 g/mol. The second-order valence-electron chi connectivity index (χ2n) is 57.4. The van der Waals surface area contributed by atoms with Crippen LogP contribution in [0.25, 0.3) is 0 Å². The number of hydrogen-bond donors (Lipinski definition) is 9. The van der Waals surface area contributed by atoms with Crippen molar-refractivity contribution in [3.05, 3.63) is 0 Å². The van der Waals surface area contributed by atoms with E-state index >= 15 is 0 Å². The molecule has 0 heterocycles. The van der Waals surface area contributed by atoms with Gasteiger partial charge in [0, 0.05) is 64.2 Å². The van der Waals surface area contributed by atoms with E-state index in [4.69, 9.17) is 56.8 Å². The Morgan fingerprint density at radius 3 is 0.944 bits per heavy atom. The van der Waals surface area contributed by atoms with Gasteiger partial charge in [0.25, 0.3) is 0 Å². The van der Waals surface area contributed by atoms with Gasteiger partial charge in [0.15, 0.2) is 58.1 Å². The van der Waals surface area contributed by atoms with Crippen molar-refractivity contribution in [3.8, 4) is 0 Å². The van der Waals surface area contributed by atoms with E-state index in [1.165, 1.54) is 96.3 Å². The van der Waals surface area contributed by atoms with Crippen LogP contribution in [0.2, 0.25) is 0 Å². The number of hydrogen-bond acceptors (Lipinski definition) is 24. The van der Waals surface area contributed by atoms with Crippen LogP contribution >= 0.6 is 0 Å². The number of rotatable bonds is 33. The quantitative estimate of drug-likeness (QED) is 0.0167. The first kappa shape index (κ1) is 102. The molecule has 0 saturated heterocycles. The predicted octanol–water partition coefficient (Wildman–Crippen LogP) is 18.2. The van der Waals surface area contributed by atoms with Gasteiger partial charge in [0.2, 0.25) is 0 Å². The Labute approximate surface area is 846 Å². The van der Waals surface area contributed by atoms with E-state index in [1.807, 2.05) is 0 Å². The lowest BCUT2D eigenvalue weighted by atomic mass is 9.43. The molecule has 0 radical (unpaired) electrons. The molecule has 800 valence electrons. The monoisotopic (exact) mass is 1990 g/mol. The topological polar surface area (TPSA) is 344 Å². The van der Waals surface area contributed by atoms with Crippen LogP contribution in [0.15, 0.2) is 0 Å². The molecule has 38 atom stereocenters. The Kier molecular flexibility index (Phi) is 27.0. The van der Waals surface area contributed by atoms with E-state index in [9.17, 15) is 60.3 Å². The maximum absolute atomic E-state index is 13.4. The van der Waals surface area contributed by atoms with Crippen LogP contribution in [0.5, 0.6) is 0 Å². The summed E-state index contributed by atoms with van der Waals surface area (Å²) in [6.45, 7) is 20.0. The average Bonchev–Trinajstić information content (AvgIpc) is 1.40. The lowest BCUT2D eigenvalue weighted by Crippen LogP contribution is -2.69. The second-order valence-corrected chi connectivity index (χ2v) is 57.4. The number of carbonyl (C=O) groups is 3. The normalized spacial score (nSPS) is 55.4. The summed E-state index contributed by atoms with van der Waals surface area (Å²) in [6, 6.07) is 0. The summed E-state index contributed by atoms with van der Waals surface area (Å²) in [4.78, 5) is 40.2. The van der Waals surface area contributed by atoms with Crippen molar-refractivity contribution < 1.29 is 117 Å². The van der Waals surface area contributed by atoms with Crippen LogP contribution in [0.3, 0.4) is 0 Å². The van der Waals surface area contributed by atoms with Gasteiger partial charge in [-0.25, -0.2) is 0 Å². The molecule has 28 saturated carbocycles. The molecule has 0 amide bonds. The molecule has 28 rings (SSSR count). The fourth-order valence-electron chi connectivity index (χ4n) is 44.9. The molecule has 0 aromatic heterocycles. The minimum absolute atomic E-state index is 0.00135. The SMILES string of the molecule is C[C@H](CCC(=O)OCOC1C2CC3CC(C2)CC1C3)[C@H]1CCC2C3C(C[C@H](O)[C@@]21C)[C@@]1(C)CC[C@@](O)(OCOC2C4CC5CC(OCO[C@]6(O)CC[C@]7(C)C8C[C@H](O)[C@@]9(C)C(CC[C@@H]9[C@H](C)CCC(=O)OCOC9C%10CC%11CC(C%10)CC9C%11)C8[C@H](O)C[C@@H]7C6)(C4)CC2(OCO[C@]2(O)CC[C@]4(C)C6C[C@H](O)[C@@]7(C)C(CC[C@@H]7[C@H](C)CCC(=O)OCOC7C8CC9CC(C8)CC7C9)C6[C@H](O)C[C@@H]4C2)C5)C[C@H]1C[C@H]3O. The molecule has 0 aromatic carbocycles. The van der Waals surface area contributed by atoms with Crippen molar-refractivity contribution in [2.24, 2.45) is 222 Å². The highest BCUT2D eigenvalue weighted by Gasteiger charge is 2.74. The highest BCUT2D eigenvalue weighted by molar-refractivity contribution is 5.70. The van der Waals surface area contributed by atoms with Crippen LogP contribution in [0, 0.1) is 222 Å². The molecule has 0 spiro atoms. The maximum Gasteiger partial charge on any atom is 0.307 e. The molecule has 28 fully saturated rings. The van der Waals surface area contributed by atoms with Gasteiger partial charge < -0.3 is 103 Å². The predicted molar refractivity (Wildman–Crippen MR) is 523 cm³/mol. The third-order valence-electron chi connectivity index (χ3n) is 51.1. The fraction of sp³-hybridized carbons (Fsp3) is 0.975. The van der Waals surface area contributed by atoms with E-state index in [-0.39, 0.29) is 212 Å². The summed E-state index contributed by atoms with van der Waals surface area (Å²) in [5.74, 6) is 4.65. The molecule has 0 aromatic rings. The summed E-state index contributed by atoms with van der Waals surface area (Å²) in [6.07, 6.45) is 34.6. The molecule has 0 aliphatic heterocycles. The van der Waals surface area contributed by atoms with Crippen LogP contribution in [-0.4, -0.2) is 194 Å². The minimum atomic E-state index is -1.58. The summed E-state index contributed by atoms with van der Waals surface area (Å²) in [5.41, 5.74) is -3.85. The minimum Gasteiger partial charge on any atom is -0.438 e. The summed E-state index contributed by atoms with van der Waals surface area (Å²) in [5, 5.41) is 115. The Balaban J connectivity index is 0.412. The van der Waals surface area contributed by atoms with Gasteiger partial charge in [-0.15, -0.1) is 0 Å². The van der Waals surface area contributed by atoms with Crippen molar-refractivity contribution in [1.82, 2.24) is 0 Å². The van der Waals surface area contributed by atoms with Crippen molar-refractivity contribution >= 4 is 17.9 Å². The third-order valence-corrected chi connectivity index (χ3v) is 51.1. The van der Waals surface area contributed by atoms with Gasteiger partial charge in [-0.3, -0.25) is 14.4 Å². The van der Waals surface area contributed by atoms with Gasteiger partial charge in [0.05, 0.1) is 66.6 Å². The Hall–Kier alpha value is -2.31. The van der Waals surface area contributed by atoms with Crippen LogP contribution in [0.1, 0.15) is 364 Å². The average molecular weight is 1990 g/mol. The number of ether oxygens (including phenoxy) is 12. The molecule has 28 aliphatic rings. The molecule has 16 bridgehead atoms. The van der Waals surface area contributed by atoms with Gasteiger partial charge in [-0.1, -0.05) is 62.3 Å². The lowest BCUT2D eigenvalue weighted by molar-refractivity contribution is -0.368. The smallest absolute Gasteiger partial charge is 0.307 e. The fourth-order valence-corrected chi connectivity index (χ4v) is 44.9. The first-order valence-electron chi connectivity index (χ1n) is 59.2. The molecule has 142 heavy (non-hydrogen) atoms. The van der Waals surface area contributed by atoms with Crippen molar-refractivity contribution in [2.45, 2.75) is 454 Å².